The summed E-state index contributed by atoms with van der Waals surface area (Å²) >= 11 is 0. The molecule has 28 heavy (non-hydrogen) atoms. The van der Waals surface area contributed by atoms with E-state index in [9.17, 15) is 14.0 Å². The number of ether oxygens (including phenoxy) is 1. The smallest absolute Gasteiger partial charge is 0.342 e. The summed E-state index contributed by atoms with van der Waals surface area (Å²) in [7, 11) is 0. The van der Waals surface area contributed by atoms with E-state index in [0.717, 1.165) is 5.69 Å². The molecule has 0 saturated heterocycles. The van der Waals surface area contributed by atoms with Gasteiger partial charge in [0.05, 0.1) is 17.1 Å². The van der Waals surface area contributed by atoms with Crippen molar-refractivity contribution in [3.8, 4) is 5.69 Å². The topological polar surface area (TPSA) is 73.2 Å². The molecule has 1 heterocycles. The second-order valence-electron chi connectivity index (χ2n) is 6.34. The Morgan fingerprint density at radius 1 is 1.07 bits per heavy atom. The maximum Gasteiger partial charge on any atom is 0.342 e. The molecule has 1 aromatic heterocycles. The summed E-state index contributed by atoms with van der Waals surface area (Å²) < 4.78 is 19.9. The predicted molar refractivity (Wildman–Crippen MR) is 103 cm³/mol. The number of aryl methyl sites for hydroxylation is 1. The molecule has 3 rings (SSSR count). The normalized spacial score (nSPS) is 11.7. The molecule has 0 aliphatic carbocycles. The number of benzene rings is 2. The van der Waals surface area contributed by atoms with Crippen LogP contribution in [0.3, 0.4) is 0 Å². The fourth-order valence-corrected chi connectivity index (χ4v) is 2.81. The maximum atomic E-state index is 13.0. The summed E-state index contributed by atoms with van der Waals surface area (Å²) in [5, 5.41) is 6.99. The standard InChI is InChI=1S/C21H20FN3O3/c1-13-19(14(2)25(24-13)18-7-5-4-6-8-18)21(27)28-15(3)20(26)23-17-11-9-16(22)10-12-17/h4-12,15H,1-3H3,(H,23,26)/t15-/m1/s1. The number of carbonyl (C=O) groups excluding carboxylic acids is 2. The van der Waals surface area contributed by atoms with Gasteiger partial charge in [-0.15, -0.1) is 0 Å². The third-order valence-corrected chi connectivity index (χ3v) is 4.26. The van der Waals surface area contributed by atoms with Crippen LogP contribution in [-0.4, -0.2) is 27.8 Å². The monoisotopic (exact) mass is 381 g/mol. The van der Waals surface area contributed by atoms with E-state index in [1.807, 2.05) is 30.3 Å². The van der Waals surface area contributed by atoms with Gasteiger partial charge < -0.3 is 10.1 Å². The third-order valence-electron chi connectivity index (χ3n) is 4.26. The van der Waals surface area contributed by atoms with Crippen LogP contribution in [0.25, 0.3) is 5.69 Å². The van der Waals surface area contributed by atoms with Crippen LogP contribution in [0, 0.1) is 19.7 Å². The van der Waals surface area contributed by atoms with Gasteiger partial charge in [-0.2, -0.15) is 5.10 Å². The molecule has 144 valence electrons. The van der Waals surface area contributed by atoms with Gasteiger partial charge in [0, 0.05) is 5.69 Å². The Morgan fingerprint density at radius 2 is 1.71 bits per heavy atom. The Morgan fingerprint density at radius 3 is 2.36 bits per heavy atom. The fraction of sp³-hybridized carbons (Fsp3) is 0.190. The van der Waals surface area contributed by atoms with Gasteiger partial charge in [0.15, 0.2) is 6.10 Å². The van der Waals surface area contributed by atoms with Crippen LogP contribution in [0.1, 0.15) is 28.7 Å². The molecule has 1 N–H and O–H groups in total. The summed E-state index contributed by atoms with van der Waals surface area (Å²) in [6, 6.07) is 14.7. The molecule has 3 aromatic rings. The van der Waals surface area contributed by atoms with E-state index < -0.39 is 23.8 Å². The highest BCUT2D eigenvalue weighted by Crippen LogP contribution is 2.19. The number of aromatic nitrogens is 2. The van der Waals surface area contributed by atoms with Crippen molar-refractivity contribution < 1.29 is 18.7 Å². The highest BCUT2D eigenvalue weighted by atomic mass is 19.1. The second-order valence-corrected chi connectivity index (χ2v) is 6.34. The van der Waals surface area contributed by atoms with Crippen LogP contribution in [-0.2, 0) is 9.53 Å². The molecule has 0 bridgehead atoms. The number of halogens is 1. The zero-order valence-corrected chi connectivity index (χ0v) is 15.8. The minimum atomic E-state index is -1.03. The summed E-state index contributed by atoms with van der Waals surface area (Å²) in [6.07, 6.45) is -1.03. The Kier molecular flexibility index (Phi) is 5.54. The first-order valence-corrected chi connectivity index (χ1v) is 8.76. The molecule has 1 atom stereocenters. The van der Waals surface area contributed by atoms with Crippen molar-refractivity contribution in [2.75, 3.05) is 5.32 Å². The van der Waals surface area contributed by atoms with Crippen molar-refractivity contribution in [1.29, 1.82) is 0 Å². The predicted octanol–water partition coefficient (Wildman–Crippen LogP) is 3.81. The van der Waals surface area contributed by atoms with Gasteiger partial charge in [-0.3, -0.25) is 4.79 Å². The van der Waals surface area contributed by atoms with Crippen molar-refractivity contribution in [2.24, 2.45) is 0 Å². The van der Waals surface area contributed by atoms with Crippen molar-refractivity contribution in [2.45, 2.75) is 26.9 Å². The molecular formula is C21H20FN3O3. The number of carbonyl (C=O) groups is 2. The van der Waals surface area contributed by atoms with Gasteiger partial charge in [-0.1, -0.05) is 18.2 Å². The lowest BCUT2D eigenvalue weighted by Crippen LogP contribution is -2.30. The van der Waals surface area contributed by atoms with E-state index in [2.05, 4.69) is 10.4 Å². The molecular weight excluding hydrogens is 361 g/mol. The van der Waals surface area contributed by atoms with Crippen molar-refractivity contribution in [3.05, 3.63) is 77.4 Å². The Labute approximate surface area is 161 Å². The quantitative estimate of drug-likeness (QED) is 0.682. The highest BCUT2D eigenvalue weighted by Gasteiger charge is 2.25. The average Bonchev–Trinajstić information content (AvgIpc) is 2.98. The van der Waals surface area contributed by atoms with Gasteiger partial charge >= 0.3 is 5.97 Å². The summed E-state index contributed by atoms with van der Waals surface area (Å²) in [5.41, 5.74) is 2.70. The number of nitrogens with zero attached hydrogens (tertiary/aromatic N) is 2. The number of hydrogen-bond donors (Lipinski definition) is 1. The van der Waals surface area contributed by atoms with Gasteiger partial charge in [0.1, 0.15) is 11.4 Å². The molecule has 0 aliphatic heterocycles. The van der Waals surface area contributed by atoms with E-state index in [-0.39, 0.29) is 0 Å². The third kappa shape index (κ3) is 4.09. The first kappa shape index (κ1) is 19.3. The first-order chi connectivity index (χ1) is 13.4. The van der Waals surface area contributed by atoms with E-state index >= 15 is 0 Å². The number of para-hydroxylation sites is 1. The summed E-state index contributed by atoms with van der Waals surface area (Å²) in [4.78, 5) is 24.9. The molecule has 0 spiro atoms. The molecule has 6 nitrogen and oxygen atoms in total. The zero-order valence-electron chi connectivity index (χ0n) is 15.8. The maximum absolute atomic E-state index is 13.0. The van der Waals surface area contributed by atoms with E-state index in [0.29, 0.717) is 22.6 Å². The molecule has 0 unspecified atom stereocenters. The molecule has 0 radical (unpaired) electrons. The Bertz CT molecular complexity index is 998. The highest BCUT2D eigenvalue weighted by molar-refractivity contribution is 5.98. The molecule has 0 fully saturated rings. The minimum Gasteiger partial charge on any atom is -0.449 e. The van der Waals surface area contributed by atoms with Crippen LogP contribution >= 0.6 is 0 Å². The van der Waals surface area contributed by atoms with Crippen LogP contribution in [0.15, 0.2) is 54.6 Å². The summed E-state index contributed by atoms with van der Waals surface area (Å²) in [5.74, 6) is -1.54. The second kappa shape index (κ2) is 8.04. The van der Waals surface area contributed by atoms with Crippen molar-refractivity contribution in [3.63, 3.8) is 0 Å². The minimum absolute atomic E-state index is 0.324. The Hall–Kier alpha value is -3.48. The Balaban J connectivity index is 1.73. The summed E-state index contributed by atoms with van der Waals surface area (Å²) in [6.45, 7) is 4.96. The molecule has 0 aliphatic rings. The number of esters is 1. The van der Waals surface area contributed by atoms with Gasteiger partial charge in [-0.05, 0) is 57.2 Å². The number of anilines is 1. The number of nitrogens with one attached hydrogen (secondary N) is 1. The SMILES string of the molecule is Cc1nn(-c2ccccc2)c(C)c1C(=O)O[C@H](C)C(=O)Nc1ccc(F)cc1. The molecule has 1 amide bonds. The van der Waals surface area contributed by atoms with Gasteiger partial charge in [0.2, 0.25) is 0 Å². The van der Waals surface area contributed by atoms with Crippen molar-refractivity contribution in [1.82, 2.24) is 9.78 Å². The fourth-order valence-electron chi connectivity index (χ4n) is 2.81. The first-order valence-electron chi connectivity index (χ1n) is 8.76. The molecule has 0 saturated carbocycles. The van der Waals surface area contributed by atoms with Gasteiger partial charge in [-0.25, -0.2) is 13.9 Å². The van der Waals surface area contributed by atoms with E-state index in [4.69, 9.17) is 4.74 Å². The van der Waals surface area contributed by atoms with Crippen LogP contribution in [0.5, 0.6) is 0 Å². The van der Waals surface area contributed by atoms with E-state index in [1.54, 1.807) is 18.5 Å². The largest absolute Gasteiger partial charge is 0.449 e. The van der Waals surface area contributed by atoms with Crippen LogP contribution < -0.4 is 5.32 Å². The van der Waals surface area contributed by atoms with Crippen molar-refractivity contribution >= 4 is 17.6 Å². The number of hydrogen-bond acceptors (Lipinski definition) is 4. The molecule has 2 aromatic carbocycles. The lowest BCUT2D eigenvalue weighted by molar-refractivity contribution is -0.123. The average molecular weight is 381 g/mol. The van der Waals surface area contributed by atoms with Gasteiger partial charge in [0.25, 0.3) is 5.91 Å². The van der Waals surface area contributed by atoms with E-state index in [1.165, 1.54) is 31.2 Å². The van der Waals surface area contributed by atoms with Crippen LogP contribution in [0.4, 0.5) is 10.1 Å². The molecule has 7 heteroatoms. The number of rotatable bonds is 5. The lowest BCUT2D eigenvalue weighted by atomic mass is 10.2. The zero-order chi connectivity index (χ0) is 20.3. The number of amides is 1. The van der Waals surface area contributed by atoms with Crippen LogP contribution in [0.2, 0.25) is 0 Å². The lowest BCUT2D eigenvalue weighted by Gasteiger charge is -2.14.